The first kappa shape index (κ1) is 34.6. The van der Waals surface area contributed by atoms with Crippen LogP contribution in [0.2, 0.25) is 5.02 Å². The fourth-order valence-corrected chi connectivity index (χ4v) is 6.30. The maximum absolute atomic E-state index is 12.6. The van der Waals surface area contributed by atoms with E-state index in [1.54, 1.807) is 6.20 Å². The number of carbonyl (C=O) groups excluding carboxylic acids is 1. The van der Waals surface area contributed by atoms with Crippen molar-refractivity contribution in [3.05, 3.63) is 77.1 Å². The van der Waals surface area contributed by atoms with Crippen LogP contribution in [0.25, 0.3) is 11.1 Å². The fraction of sp³-hybridized carbons (Fsp3) is 0.471. The number of likely N-dealkylation sites (N-methyl/N-ethyl adjacent to an activating group) is 1. The fourth-order valence-electron chi connectivity index (χ4n) is 5.22. The minimum atomic E-state index is -1.74. The second-order valence-corrected chi connectivity index (χ2v) is 13.5. The summed E-state index contributed by atoms with van der Waals surface area (Å²) in [6.07, 6.45) is 1.45. The van der Waals surface area contributed by atoms with Crippen molar-refractivity contribution < 1.29 is 39.8 Å². The van der Waals surface area contributed by atoms with Gasteiger partial charge >= 0.3 is 0 Å². The molecule has 1 amide bonds. The zero-order valence-corrected chi connectivity index (χ0v) is 27.2. The average Bonchev–Trinajstić information content (AvgIpc) is 4.01. The molecule has 248 valence electrons. The number of halogens is 1. The van der Waals surface area contributed by atoms with Crippen molar-refractivity contribution in [2.75, 3.05) is 26.0 Å². The molecular formula is C34H41ClN2O8S. The van der Waals surface area contributed by atoms with Crippen LogP contribution in [0.5, 0.6) is 5.75 Å². The predicted molar refractivity (Wildman–Crippen MR) is 175 cm³/mol. The highest BCUT2D eigenvalue weighted by Gasteiger charge is 2.48. The lowest BCUT2D eigenvalue weighted by Gasteiger charge is -2.28. The second-order valence-electron chi connectivity index (χ2n) is 11.9. The molecule has 0 spiro atoms. The van der Waals surface area contributed by atoms with Crippen LogP contribution in [0.1, 0.15) is 43.2 Å². The molecule has 2 aliphatic rings. The molecule has 0 unspecified atom stereocenters. The summed E-state index contributed by atoms with van der Waals surface area (Å²) in [5.74, 6) is 1.07. The number of aromatic nitrogens is 1. The van der Waals surface area contributed by atoms with E-state index in [4.69, 9.17) is 26.2 Å². The number of thioether (sulfide) groups is 1. The Kier molecular flexibility index (Phi) is 11.6. The van der Waals surface area contributed by atoms with Crippen molar-refractivity contribution in [1.82, 2.24) is 9.88 Å². The number of pyridine rings is 1. The molecule has 0 saturated heterocycles. The lowest BCUT2D eigenvalue weighted by atomic mass is 9.96. The molecule has 0 radical (unpaired) electrons. The molecule has 46 heavy (non-hydrogen) atoms. The Bertz CT molecular complexity index is 1490. The van der Waals surface area contributed by atoms with Crippen molar-refractivity contribution in [1.29, 1.82) is 0 Å². The molecule has 2 saturated carbocycles. The standard InChI is InChI=1S/C34H41ClN2O8S/c1-37(18-28(39)32(42)33(43)29(40)19-38)31(41)11-15-46-23-8-9-27(35)21(16-23)20-44-34(12-13-34)26-17-36-14-10-24(26)25-4-2-3-5-30(25)45-22-6-7-22/h2-5,8-10,14,16-17,22,28-29,32-33,38-40,42-43H,6-7,11-13,15,18-20H2,1H3/t28-,29+,32+,33+/m0/s1. The quantitative estimate of drug-likeness (QED) is 0.135. The van der Waals surface area contributed by atoms with Crippen LogP contribution < -0.4 is 4.74 Å². The van der Waals surface area contributed by atoms with Gasteiger partial charge in [-0.15, -0.1) is 11.8 Å². The van der Waals surface area contributed by atoms with Crippen molar-refractivity contribution in [3.63, 3.8) is 0 Å². The highest BCUT2D eigenvalue weighted by molar-refractivity contribution is 7.99. The summed E-state index contributed by atoms with van der Waals surface area (Å²) in [6, 6.07) is 15.8. The number of hydrogen-bond acceptors (Lipinski definition) is 10. The van der Waals surface area contributed by atoms with E-state index in [1.807, 2.05) is 48.7 Å². The molecule has 10 nitrogen and oxygen atoms in total. The third-order valence-electron chi connectivity index (χ3n) is 8.33. The van der Waals surface area contributed by atoms with Crippen LogP contribution in [0, 0.1) is 0 Å². The van der Waals surface area contributed by atoms with E-state index >= 15 is 0 Å². The van der Waals surface area contributed by atoms with Gasteiger partial charge in [-0.3, -0.25) is 9.78 Å². The number of amides is 1. The Labute approximate surface area is 278 Å². The van der Waals surface area contributed by atoms with Gasteiger partial charge < -0.3 is 39.9 Å². The zero-order chi connectivity index (χ0) is 32.8. The summed E-state index contributed by atoms with van der Waals surface area (Å²) in [5, 5.41) is 49.0. The Morgan fingerprint density at radius 1 is 1.07 bits per heavy atom. The van der Waals surface area contributed by atoms with E-state index in [9.17, 15) is 25.2 Å². The first-order valence-electron chi connectivity index (χ1n) is 15.4. The number of nitrogens with zero attached hydrogens (tertiary/aromatic N) is 2. The predicted octanol–water partition coefficient (Wildman–Crippen LogP) is 3.53. The third-order valence-corrected chi connectivity index (χ3v) is 9.69. The van der Waals surface area contributed by atoms with Gasteiger partial charge in [0, 0.05) is 59.2 Å². The number of ether oxygens (including phenoxy) is 2. The van der Waals surface area contributed by atoms with E-state index in [2.05, 4.69) is 11.1 Å². The van der Waals surface area contributed by atoms with Gasteiger partial charge in [-0.1, -0.05) is 29.8 Å². The van der Waals surface area contributed by atoms with Crippen LogP contribution in [-0.4, -0.2) is 97.8 Å². The molecule has 2 aliphatic carbocycles. The van der Waals surface area contributed by atoms with E-state index in [0.717, 1.165) is 58.6 Å². The number of benzene rings is 2. The van der Waals surface area contributed by atoms with Crippen LogP contribution in [-0.2, 0) is 21.7 Å². The third kappa shape index (κ3) is 8.59. The normalized spacial score (nSPS) is 18.0. The van der Waals surface area contributed by atoms with Crippen molar-refractivity contribution in [3.8, 4) is 16.9 Å². The highest BCUT2D eigenvalue weighted by Crippen LogP contribution is 2.53. The lowest BCUT2D eigenvalue weighted by molar-refractivity contribution is -0.137. The molecule has 2 fully saturated rings. The molecule has 1 heterocycles. The summed E-state index contributed by atoms with van der Waals surface area (Å²) in [7, 11) is 1.48. The molecule has 3 aromatic rings. The van der Waals surface area contributed by atoms with Gasteiger partial charge in [-0.25, -0.2) is 0 Å². The van der Waals surface area contributed by atoms with E-state index in [1.165, 1.54) is 23.7 Å². The monoisotopic (exact) mass is 672 g/mol. The van der Waals surface area contributed by atoms with Crippen molar-refractivity contribution in [2.45, 2.75) is 79.7 Å². The Morgan fingerprint density at radius 3 is 2.52 bits per heavy atom. The first-order valence-corrected chi connectivity index (χ1v) is 16.8. The Hall–Kier alpha value is -2.74. The molecule has 1 aromatic heterocycles. The molecule has 5 rings (SSSR count). The maximum atomic E-state index is 12.6. The van der Waals surface area contributed by atoms with Gasteiger partial charge in [0.15, 0.2) is 0 Å². The van der Waals surface area contributed by atoms with E-state index < -0.39 is 36.6 Å². The molecule has 5 N–H and O–H groups in total. The molecule has 12 heteroatoms. The molecule has 0 aliphatic heterocycles. The van der Waals surface area contributed by atoms with Gasteiger partial charge in [-0.05, 0) is 67.1 Å². The molecule has 0 bridgehead atoms. The average molecular weight is 673 g/mol. The number of hydrogen-bond donors (Lipinski definition) is 5. The van der Waals surface area contributed by atoms with Gasteiger partial charge in [0.2, 0.25) is 5.91 Å². The largest absolute Gasteiger partial charge is 0.490 e. The molecule has 2 aromatic carbocycles. The van der Waals surface area contributed by atoms with E-state index in [0.29, 0.717) is 17.4 Å². The molecule has 4 atom stereocenters. The summed E-state index contributed by atoms with van der Waals surface area (Å²) in [5.41, 5.74) is 3.48. The summed E-state index contributed by atoms with van der Waals surface area (Å²) >= 11 is 8.06. The van der Waals surface area contributed by atoms with Gasteiger partial charge in [-0.2, -0.15) is 0 Å². The zero-order valence-electron chi connectivity index (χ0n) is 25.7. The number of aliphatic hydroxyl groups excluding tert-OH is 5. The van der Waals surface area contributed by atoms with Gasteiger partial charge in [0.05, 0.1) is 24.9 Å². The lowest BCUT2D eigenvalue weighted by Crippen LogP contribution is -2.50. The molecular weight excluding hydrogens is 632 g/mol. The first-order chi connectivity index (χ1) is 22.1. The SMILES string of the molecule is CN(C[C@H](O)[C@@H](O)[C@H](O)[C@H](O)CO)C(=O)CCSc1ccc(Cl)c(COC2(c3cnccc3-c3ccccc3OC3CC3)CC2)c1. The topological polar surface area (TPSA) is 153 Å². The minimum Gasteiger partial charge on any atom is -0.490 e. The van der Waals surface area contributed by atoms with Crippen LogP contribution in [0.15, 0.2) is 65.8 Å². The number of rotatable bonds is 17. The van der Waals surface area contributed by atoms with Gasteiger partial charge in [0.1, 0.15) is 30.2 Å². The van der Waals surface area contributed by atoms with Crippen LogP contribution >= 0.6 is 23.4 Å². The van der Waals surface area contributed by atoms with Crippen LogP contribution in [0.3, 0.4) is 0 Å². The summed E-state index contributed by atoms with van der Waals surface area (Å²) in [6.45, 7) is -0.713. The maximum Gasteiger partial charge on any atom is 0.223 e. The Balaban J connectivity index is 1.17. The van der Waals surface area contributed by atoms with Crippen molar-refractivity contribution >= 4 is 29.3 Å². The highest BCUT2D eigenvalue weighted by atomic mass is 35.5. The number of aliphatic hydroxyl groups is 5. The number of carbonyl (C=O) groups is 1. The number of para-hydroxylation sites is 1. The van der Waals surface area contributed by atoms with Gasteiger partial charge in [0.25, 0.3) is 0 Å². The second kappa shape index (κ2) is 15.4. The summed E-state index contributed by atoms with van der Waals surface area (Å²) in [4.78, 5) is 19.3. The van der Waals surface area contributed by atoms with Crippen LogP contribution in [0.4, 0.5) is 0 Å². The Morgan fingerprint density at radius 2 is 1.80 bits per heavy atom. The minimum absolute atomic E-state index is 0.166. The smallest absolute Gasteiger partial charge is 0.223 e. The van der Waals surface area contributed by atoms with Crippen molar-refractivity contribution in [2.24, 2.45) is 0 Å². The van der Waals surface area contributed by atoms with E-state index in [-0.39, 0.29) is 25.0 Å². The summed E-state index contributed by atoms with van der Waals surface area (Å²) < 4.78 is 12.8.